The zero-order valence-electron chi connectivity index (χ0n) is 8.48. The first-order valence-corrected chi connectivity index (χ1v) is 5.16. The molecule has 1 saturated heterocycles. The summed E-state index contributed by atoms with van der Waals surface area (Å²) >= 11 is 0. The van der Waals surface area contributed by atoms with E-state index in [1.807, 2.05) is 0 Å². The number of nitrogens with zero attached hydrogens (tertiary/aromatic N) is 2. The van der Waals surface area contributed by atoms with Crippen LogP contribution in [0.3, 0.4) is 0 Å². The van der Waals surface area contributed by atoms with Gasteiger partial charge in [-0.2, -0.15) is 0 Å². The first-order chi connectivity index (χ1) is 7.25. The van der Waals surface area contributed by atoms with Gasteiger partial charge in [-0.1, -0.05) is 6.42 Å². The van der Waals surface area contributed by atoms with Crippen LogP contribution in [0.2, 0.25) is 0 Å². The van der Waals surface area contributed by atoms with E-state index in [2.05, 4.69) is 9.88 Å². The molecule has 15 heavy (non-hydrogen) atoms. The Morgan fingerprint density at radius 1 is 1.47 bits per heavy atom. The molecule has 2 rings (SSSR count). The van der Waals surface area contributed by atoms with Crippen molar-refractivity contribution in [1.82, 2.24) is 9.88 Å². The summed E-state index contributed by atoms with van der Waals surface area (Å²) in [5, 5.41) is 8.66. The van der Waals surface area contributed by atoms with Crippen LogP contribution in [0.25, 0.3) is 0 Å². The normalized spacial score (nSPS) is 17.9. The number of aromatic nitrogens is 1. The minimum absolute atomic E-state index is 0.0815. The molecule has 0 aliphatic carbocycles. The zero-order chi connectivity index (χ0) is 10.7. The topological polar surface area (TPSA) is 66.6 Å². The second-order valence-corrected chi connectivity index (χ2v) is 3.76. The minimum atomic E-state index is -1.06. The summed E-state index contributed by atoms with van der Waals surface area (Å²) in [6.07, 6.45) is 4.95. The second kappa shape index (κ2) is 4.44. The lowest BCUT2D eigenvalue weighted by atomic mass is 10.1. The molecule has 0 saturated carbocycles. The third kappa shape index (κ3) is 2.56. The van der Waals surface area contributed by atoms with E-state index in [1.165, 1.54) is 25.5 Å². The van der Waals surface area contributed by atoms with Crippen LogP contribution >= 0.6 is 0 Å². The van der Waals surface area contributed by atoms with Crippen LogP contribution in [0.1, 0.15) is 35.7 Å². The summed E-state index contributed by atoms with van der Waals surface area (Å²) in [5.74, 6) is -0.649. The Hall–Kier alpha value is -1.36. The monoisotopic (exact) mass is 210 g/mol. The van der Waals surface area contributed by atoms with Gasteiger partial charge < -0.3 is 9.52 Å². The van der Waals surface area contributed by atoms with Crippen LogP contribution in [0, 0.1) is 0 Å². The molecule has 5 nitrogen and oxygen atoms in total. The van der Waals surface area contributed by atoms with E-state index in [0.717, 1.165) is 13.1 Å². The maximum Gasteiger partial charge on any atom is 0.373 e. The lowest BCUT2D eigenvalue weighted by molar-refractivity contribution is 0.0657. The number of carboxylic acid groups (broad SMARTS) is 1. The van der Waals surface area contributed by atoms with Crippen molar-refractivity contribution in [2.24, 2.45) is 0 Å². The number of carbonyl (C=O) groups is 1. The van der Waals surface area contributed by atoms with E-state index >= 15 is 0 Å². The van der Waals surface area contributed by atoms with Crippen molar-refractivity contribution >= 4 is 5.97 Å². The molecule has 0 amide bonds. The number of hydrogen-bond donors (Lipinski definition) is 1. The highest BCUT2D eigenvalue weighted by atomic mass is 16.4. The van der Waals surface area contributed by atoms with Crippen LogP contribution in [0.15, 0.2) is 10.6 Å². The first kappa shape index (κ1) is 10.2. The van der Waals surface area contributed by atoms with Crippen molar-refractivity contribution in [3.05, 3.63) is 17.8 Å². The molecule has 0 spiro atoms. The van der Waals surface area contributed by atoms with Gasteiger partial charge in [-0.25, -0.2) is 9.78 Å². The standard InChI is InChI=1S/C10H14N2O3/c13-10(14)8-6-11-9(15-8)7-12-4-2-1-3-5-12/h6H,1-5,7H2,(H,13,14). The van der Waals surface area contributed by atoms with Crippen LogP contribution in [0.4, 0.5) is 0 Å². The largest absolute Gasteiger partial charge is 0.475 e. The smallest absolute Gasteiger partial charge is 0.373 e. The maximum atomic E-state index is 10.6. The molecule has 2 heterocycles. The van der Waals surface area contributed by atoms with Gasteiger partial charge in [0.1, 0.15) is 0 Å². The van der Waals surface area contributed by atoms with Gasteiger partial charge in [-0.15, -0.1) is 0 Å². The highest BCUT2D eigenvalue weighted by molar-refractivity contribution is 5.83. The SMILES string of the molecule is O=C(O)c1cnc(CN2CCCCC2)o1. The van der Waals surface area contributed by atoms with E-state index in [-0.39, 0.29) is 5.76 Å². The summed E-state index contributed by atoms with van der Waals surface area (Å²) in [6.45, 7) is 2.71. The Morgan fingerprint density at radius 2 is 2.20 bits per heavy atom. The molecule has 0 atom stereocenters. The van der Waals surface area contributed by atoms with Gasteiger partial charge in [-0.3, -0.25) is 4.90 Å². The average Bonchev–Trinajstić information content (AvgIpc) is 2.68. The Bertz CT molecular complexity index is 342. The number of piperidine rings is 1. The quantitative estimate of drug-likeness (QED) is 0.815. The van der Waals surface area contributed by atoms with Gasteiger partial charge in [-0.05, 0) is 25.9 Å². The number of oxazole rings is 1. The molecule has 1 aliphatic heterocycles. The van der Waals surface area contributed by atoms with Gasteiger partial charge in [0.15, 0.2) is 0 Å². The van der Waals surface area contributed by atoms with Crippen molar-refractivity contribution in [2.75, 3.05) is 13.1 Å². The summed E-state index contributed by atoms with van der Waals surface area (Å²) < 4.78 is 5.10. The van der Waals surface area contributed by atoms with E-state index in [0.29, 0.717) is 12.4 Å². The van der Waals surface area contributed by atoms with E-state index in [9.17, 15) is 4.79 Å². The lowest BCUT2D eigenvalue weighted by Crippen LogP contribution is -2.29. The molecule has 1 fully saturated rings. The fourth-order valence-corrected chi connectivity index (χ4v) is 1.79. The molecule has 1 aromatic rings. The Balaban J connectivity index is 1.94. The fraction of sp³-hybridized carbons (Fsp3) is 0.600. The number of likely N-dealkylation sites (tertiary alicyclic amines) is 1. The zero-order valence-corrected chi connectivity index (χ0v) is 8.48. The first-order valence-electron chi connectivity index (χ1n) is 5.16. The number of aromatic carboxylic acids is 1. The van der Waals surface area contributed by atoms with Gasteiger partial charge >= 0.3 is 5.97 Å². The molecular formula is C10H14N2O3. The van der Waals surface area contributed by atoms with Crippen molar-refractivity contribution in [2.45, 2.75) is 25.8 Å². The molecular weight excluding hydrogens is 196 g/mol. The highest BCUT2D eigenvalue weighted by Crippen LogP contribution is 2.13. The highest BCUT2D eigenvalue weighted by Gasteiger charge is 2.15. The molecule has 0 unspecified atom stereocenters. The summed E-state index contributed by atoms with van der Waals surface area (Å²) in [7, 11) is 0. The van der Waals surface area contributed by atoms with Crippen LogP contribution < -0.4 is 0 Å². The molecule has 1 aromatic heterocycles. The number of carboxylic acids is 1. The molecule has 5 heteroatoms. The van der Waals surface area contributed by atoms with Crippen LogP contribution in [-0.4, -0.2) is 34.0 Å². The second-order valence-electron chi connectivity index (χ2n) is 3.76. The third-order valence-electron chi connectivity index (χ3n) is 2.57. The minimum Gasteiger partial charge on any atom is -0.475 e. The number of hydrogen-bond acceptors (Lipinski definition) is 4. The molecule has 0 aromatic carbocycles. The molecule has 1 N–H and O–H groups in total. The van der Waals surface area contributed by atoms with Crippen molar-refractivity contribution in [1.29, 1.82) is 0 Å². The predicted octanol–water partition coefficient (Wildman–Crippen LogP) is 1.36. The fourth-order valence-electron chi connectivity index (χ4n) is 1.79. The van der Waals surface area contributed by atoms with E-state index < -0.39 is 5.97 Å². The summed E-state index contributed by atoms with van der Waals surface area (Å²) in [5.41, 5.74) is 0. The number of rotatable bonds is 3. The molecule has 82 valence electrons. The Morgan fingerprint density at radius 3 is 2.80 bits per heavy atom. The predicted molar refractivity (Wildman–Crippen MR) is 52.6 cm³/mol. The molecule has 0 radical (unpaired) electrons. The summed E-state index contributed by atoms with van der Waals surface area (Å²) in [6, 6.07) is 0. The average molecular weight is 210 g/mol. The van der Waals surface area contributed by atoms with Crippen molar-refractivity contribution in [3.8, 4) is 0 Å². The van der Waals surface area contributed by atoms with E-state index in [1.54, 1.807) is 0 Å². The van der Waals surface area contributed by atoms with Crippen LogP contribution in [0.5, 0.6) is 0 Å². The maximum absolute atomic E-state index is 10.6. The van der Waals surface area contributed by atoms with Gasteiger partial charge in [0.2, 0.25) is 11.7 Å². The van der Waals surface area contributed by atoms with Gasteiger partial charge in [0, 0.05) is 0 Å². The van der Waals surface area contributed by atoms with E-state index in [4.69, 9.17) is 9.52 Å². The van der Waals surface area contributed by atoms with Crippen molar-refractivity contribution in [3.63, 3.8) is 0 Å². The molecule has 0 bridgehead atoms. The van der Waals surface area contributed by atoms with Crippen molar-refractivity contribution < 1.29 is 14.3 Å². The third-order valence-corrected chi connectivity index (χ3v) is 2.57. The lowest BCUT2D eigenvalue weighted by Gasteiger charge is -2.24. The van der Waals surface area contributed by atoms with Crippen LogP contribution in [-0.2, 0) is 6.54 Å². The van der Waals surface area contributed by atoms with Gasteiger partial charge in [0.25, 0.3) is 0 Å². The van der Waals surface area contributed by atoms with Gasteiger partial charge in [0.05, 0.1) is 12.7 Å². The Labute approximate surface area is 87.7 Å². The Kier molecular flexibility index (Phi) is 3.01. The summed E-state index contributed by atoms with van der Waals surface area (Å²) in [4.78, 5) is 16.7. The molecule has 1 aliphatic rings.